The summed E-state index contributed by atoms with van der Waals surface area (Å²) in [4.78, 5) is 11.8. The quantitative estimate of drug-likeness (QED) is 0.871. The molecule has 104 valence electrons. The molecule has 19 heavy (non-hydrogen) atoms. The Kier molecular flexibility index (Phi) is 4.46. The largest absolute Gasteiger partial charge is 0.382 e. The highest BCUT2D eigenvalue weighted by molar-refractivity contribution is 5.94. The highest BCUT2D eigenvalue weighted by Gasteiger charge is 2.23. The summed E-state index contributed by atoms with van der Waals surface area (Å²) < 4.78 is 0. The van der Waals surface area contributed by atoms with Crippen molar-refractivity contribution in [3.8, 4) is 0 Å². The topological polar surface area (TPSA) is 41.1 Å². The van der Waals surface area contributed by atoms with Gasteiger partial charge in [-0.05, 0) is 56.4 Å². The third-order valence-electron chi connectivity index (χ3n) is 4.03. The number of amides is 1. The van der Waals surface area contributed by atoms with Crippen LogP contribution in [0.4, 0.5) is 5.69 Å². The molecule has 2 unspecified atom stereocenters. The lowest BCUT2D eigenvalue weighted by atomic mass is 10.0. The lowest BCUT2D eigenvalue weighted by molar-refractivity contribution is 0.0956. The summed E-state index contributed by atoms with van der Waals surface area (Å²) >= 11 is 0. The maximum Gasteiger partial charge on any atom is 0.251 e. The van der Waals surface area contributed by atoms with Crippen LogP contribution in [-0.4, -0.2) is 18.5 Å². The number of hydrogen-bond acceptors (Lipinski definition) is 2. The molecule has 1 fully saturated rings. The Morgan fingerprint density at radius 3 is 2.74 bits per heavy atom. The van der Waals surface area contributed by atoms with Gasteiger partial charge in [-0.3, -0.25) is 4.79 Å². The fraction of sp³-hybridized carbons (Fsp3) is 0.562. The predicted octanol–water partition coefficient (Wildman–Crippen LogP) is 3.35. The molecule has 0 bridgehead atoms. The minimum Gasteiger partial charge on any atom is -0.382 e. The Bertz CT molecular complexity index is 456. The maximum atomic E-state index is 11.8. The Labute approximate surface area is 115 Å². The number of rotatable bonds is 4. The highest BCUT2D eigenvalue weighted by Crippen LogP contribution is 2.29. The first-order valence-electron chi connectivity index (χ1n) is 7.27. The molecule has 0 saturated heterocycles. The number of hydrogen-bond donors (Lipinski definition) is 2. The summed E-state index contributed by atoms with van der Waals surface area (Å²) in [7, 11) is 0. The van der Waals surface area contributed by atoms with Crippen molar-refractivity contribution in [1.29, 1.82) is 0 Å². The van der Waals surface area contributed by atoms with E-state index in [1.54, 1.807) is 0 Å². The Morgan fingerprint density at radius 1 is 1.37 bits per heavy atom. The molecule has 1 aliphatic rings. The minimum absolute atomic E-state index is 0.00591. The lowest BCUT2D eigenvalue weighted by Crippen LogP contribution is -2.24. The van der Waals surface area contributed by atoms with E-state index in [1.165, 1.54) is 19.3 Å². The molecule has 0 radical (unpaired) electrons. The zero-order valence-electron chi connectivity index (χ0n) is 12.1. The summed E-state index contributed by atoms with van der Waals surface area (Å²) in [6, 6.07) is 6.48. The van der Waals surface area contributed by atoms with Crippen LogP contribution in [0.5, 0.6) is 0 Å². The molecule has 2 atom stereocenters. The van der Waals surface area contributed by atoms with Gasteiger partial charge in [-0.1, -0.05) is 13.3 Å². The summed E-state index contributed by atoms with van der Waals surface area (Å²) in [5.41, 5.74) is 3.04. The summed E-state index contributed by atoms with van der Waals surface area (Å²) in [5.74, 6) is 0.744. The second kappa shape index (κ2) is 6.09. The van der Waals surface area contributed by atoms with Crippen LogP contribution < -0.4 is 10.6 Å². The molecular formula is C16H24N2O. The molecule has 1 aromatic carbocycles. The summed E-state index contributed by atoms with van der Waals surface area (Å²) in [6.45, 7) is 6.97. The summed E-state index contributed by atoms with van der Waals surface area (Å²) in [6.07, 6.45) is 3.88. The van der Waals surface area contributed by atoms with Gasteiger partial charge < -0.3 is 10.6 Å². The van der Waals surface area contributed by atoms with Gasteiger partial charge >= 0.3 is 0 Å². The lowest BCUT2D eigenvalue weighted by Gasteiger charge is -2.20. The van der Waals surface area contributed by atoms with Gasteiger partial charge in [0.05, 0.1) is 0 Å². The van der Waals surface area contributed by atoms with Gasteiger partial charge in [0, 0.05) is 23.8 Å². The average molecular weight is 260 g/mol. The summed E-state index contributed by atoms with van der Waals surface area (Å²) in [5, 5.41) is 6.45. The molecule has 0 aromatic heterocycles. The van der Waals surface area contributed by atoms with Gasteiger partial charge in [-0.2, -0.15) is 0 Å². The number of benzene rings is 1. The molecule has 2 N–H and O–H groups in total. The molecule has 0 aliphatic heterocycles. The van der Waals surface area contributed by atoms with E-state index in [0.29, 0.717) is 12.6 Å². The maximum absolute atomic E-state index is 11.8. The number of carbonyl (C=O) groups excluding carboxylic acids is 1. The molecule has 1 aromatic rings. The highest BCUT2D eigenvalue weighted by atomic mass is 16.1. The van der Waals surface area contributed by atoms with E-state index in [4.69, 9.17) is 0 Å². The third kappa shape index (κ3) is 3.28. The van der Waals surface area contributed by atoms with Gasteiger partial charge in [-0.25, -0.2) is 0 Å². The number of anilines is 1. The first-order chi connectivity index (χ1) is 9.11. The van der Waals surface area contributed by atoms with Crippen molar-refractivity contribution in [3.05, 3.63) is 29.3 Å². The zero-order chi connectivity index (χ0) is 13.8. The molecule has 3 nitrogen and oxygen atoms in total. The van der Waals surface area contributed by atoms with E-state index in [-0.39, 0.29) is 5.91 Å². The molecular weight excluding hydrogens is 236 g/mol. The minimum atomic E-state index is 0.00591. The first kappa shape index (κ1) is 13.9. The van der Waals surface area contributed by atoms with Crippen LogP contribution in [0.3, 0.4) is 0 Å². The predicted molar refractivity (Wildman–Crippen MR) is 79.6 cm³/mol. The Balaban J connectivity index is 2.08. The Morgan fingerprint density at radius 2 is 2.16 bits per heavy atom. The van der Waals surface area contributed by atoms with E-state index in [2.05, 4.69) is 24.5 Å². The van der Waals surface area contributed by atoms with Gasteiger partial charge in [0.2, 0.25) is 0 Å². The van der Waals surface area contributed by atoms with Gasteiger partial charge in [0.15, 0.2) is 0 Å². The van der Waals surface area contributed by atoms with E-state index in [1.807, 2.05) is 25.1 Å². The molecule has 1 amide bonds. The SMILES string of the molecule is CCNC(=O)c1ccc(NC2CCCC2C)c(C)c1. The van der Waals surface area contributed by atoms with Crippen LogP contribution in [0.1, 0.15) is 49.0 Å². The van der Waals surface area contributed by atoms with Crippen molar-refractivity contribution in [1.82, 2.24) is 5.32 Å². The fourth-order valence-electron chi connectivity index (χ4n) is 2.79. The van der Waals surface area contributed by atoms with Gasteiger partial charge in [-0.15, -0.1) is 0 Å². The fourth-order valence-corrected chi connectivity index (χ4v) is 2.79. The van der Waals surface area contributed by atoms with Crippen LogP contribution >= 0.6 is 0 Å². The normalized spacial score (nSPS) is 22.3. The van der Waals surface area contributed by atoms with E-state index >= 15 is 0 Å². The van der Waals surface area contributed by atoms with Crippen LogP contribution in [0.25, 0.3) is 0 Å². The molecule has 3 heteroatoms. The standard InChI is InChI=1S/C16H24N2O/c1-4-17-16(19)13-8-9-15(12(3)10-13)18-14-7-5-6-11(14)2/h8-11,14,18H,4-7H2,1-3H3,(H,17,19). The molecule has 1 aliphatic carbocycles. The van der Waals surface area contributed by atoms with Crippen molar-refractivity contribution in [2.24, 2.45) is 5.92 Å². The third-order valence-corrected chi connectivity index (χ3v) is 4.03. The van der Waals surface area contributed by atoms with Crippen molar-refractivity contribution < 1.29 is 4.79 Å². The van der Waals surface area contributed by atoms with E-state index in [9.17, 15) is 4.79 Å². The van der Waals surface area contributed by atoms with Crippen molar-refractivity contribution >= 4 is 11.6 Å². The van der Waals surface area contributed by atoms with Crippen LogP contribution in [-0.2, 0) is 0 Å². The second-order valence-corrected chi connectivity index (χ2v) is 5.55. The first-order valence-corrected chi connectivity index (χ1v) is 7.27. The van der Waals surface area contributed by atoms with Crippen LogP contribution in [0.15, 0.2) is 18.2 Å². The number of nitrogens with one attached hydrogen (secondary N) is 2. The smallest absolute Gasteiger partial charge is 0.251 e. The molecule has 2 rings (SSSR count). The number of carbonyl (C=O) groups is 1. The molecule has 0 heterocycles. The van der Waals surface area contributed by atoms with Crippen LogP contribution in [0, 0.1) is 12.8 Å². The van der Waals surface area contributed by atoms with Crippen LogP contribution in [0.2, 0.25) is 0 Å². The van der Waals surface area contributed by atoms with Gasteiger partial charge in [0.1, 0.15) is 0 Å². The van der Waals surface area contributed by atoms with Crippen molar-refractivity contribution in [2.45, 2.75) is 46.1 Å². The number of aryl methyl sites for hydroxylation is 1. The Hall–Kier alpha value is -1.51. The van der Waals surface area contributed by atoms with E-state index in [0.717, 1.165) is 22.7 Å². The van der Waals surface area contributed by atoms with Crippen molar-refractivity contribution in [3.63, 3.8) is 0 Å². The second-order valence-electron chi connectivity index (χ2n) is 5.55. The molecule has 1 saturated carbocycles. The average Bonchev–Trinajstić information content (AvgIpc) is 2.78. The molecule has 0 spiro atoms. The van der Waals surface area contributed by atoms with Gasteiger partial charge in [0.25, 0.3) is 5.91 Å². The monoisotopic (exact) mass is 260 g/mol. The zero-order valence-corrected chi connectivity index (χ0v) is 12.1. The van der Waals surface area contributed by atoms with Crippen molar-refractivity contribution in [2.75, 3.05) is 11.9 Å². The van der Waals surface area contributed by atoms with E-state index < -0.39 is 0 Å².